The van der Waals surface area contributed by atoms with Crippen LogP contribution in [0.2, 0.25) is 0 Å². The Morgan fingerprint density at radius 3 is 2.58 bits per heavy atom. The molecule has 0 bridgehead atoms. The molecule has 19 heavy (non-hydrogen) atoms. The lowest BCUT2D eigenvalue weighted by molar-refractivity contribution is -0.384. The molecule has 0 unspecified atom stereocenters. The molecule has 0 fully saturated rings. The molecule has 0 heterocycles. The summed E-state index contributed by atoms with van der Waals surface area (Å²) < 4.78 is 5.18. The molecular formula is C12H16N2O5. The van der Waals surface area contributed by atoms with E-state index in [0.29, 0.717) is 12.2 Å². The third-order valence-electron chi connectivity index (χ3n) is 2.50. The van der Waals surface area contributed by atoms with Crippen molar-refractivity contribution < 1.29 is 19.6 Å². The zero-order valence-electron chi connectivity index (χ0n) is 10.5. The highest BCUT2D eigenvalue weighted by Gasteiger charge is 2.10. The van der Waals surface area contributed by atoms with Crippen LogP contribution in [-0.2, 0) is 4.79 Å². The molecule has 0 aliphatic heterocycles. The second-order valence-corrected chi connectivity index (χ2v) is 3.89. The van der Waals surface area contributed by atoms with E-state index >= 15 is 0 Å². The predicted octanol–water partition coefficient (Wildman–Crippen LogP) is 0.861. The summed E-state index contributed by atoms with van der Waals surface area (Å²) in [7, 11) is 0. The molecule has 0 saturated carbocycles. The van der Waals surface area contributed by atoms with E-state index in [9.17, 15) is 14.9 Å². The van der Waals surface area contributed by atoms with Crippen LogP contribution in [0.5, 0.6) is 5.75 Å². The van der Waals surface area contributed by atoms with Gasteiger partial charge in [-0.25, -0.2) is 0 Å². The van der Waals surface area contributed by atoms with Gasteiger partial charge in [0.25, 0.3) is 11.6 Å². The first-order valence-electron chi connectivity index (χ1n) is 5.84. The fourth-order valence-corrected chi connectivity index (χ4v) is 1.36. The Morgan fingerprint density at radius 2 is 2.11 bits per heavy atom. The molecule has 1 atom stereocenters. The van der Waals surface area contributed by atoms with E-state index in [2.05, 4.69) is 5.32 Å². The van der Waals surface area contributed by atoms with E-state index in [-0.39, 0.29) is 30.9 Å². The van der Waals surface area contributed by atoms with Crippen LogP contribution in [0.4, 0.5) is 5.69 Å². The summed E-state index contributed by atoms with van der Waals surface area (Å²) >= 11 is 0. The van der Waals surface area contributed by atoms with E-state index in [1.54, 1.807) is 0 Å². The third-order valence-corrected chi connectivity index (χ3v) is 2.50. The van der Waals surface area contributed by atoms with E-state index in [1.165, 1.54) is 24.3 Å². The lowest BCUT2D eigenvalue weighted by Crippen LogP contribution is -2.39. The molecule has 0 saturated heterocycles. The van der Waals surface area contributed by atoms with Crippen molar-refractivity contribution in [3.05, 3.63) is 34.4 Å². The van der Waals surface area contributed by atoms with Crippen molar-refractivity contribution >= 4 is 11.6 Å². The fourth-order valence-electron chi connectivity index (χ4n) is 1.36. The first-order valence-corrected chi connectivity index (χ1v) is 5.84. The number of hydrogen-bond donors (Lipinski definition) is 2. The number of aliphatic hydroxyl groups is 1. The first-order chi connectivity index (χ1) is 9.06. The number of non-ortho nitro benzene ring substituents is 1. The average molecular weight is 268 g/mol. The summed E-state index contributed by atoms with van der Waals surface area (Å²) in [5.41, 5.74) is -0.0388. The molecule has 1 amide bonds. The number of nitro benzene ring substituents is 1. The van der Waals surface area contributed by atoms with Gasteiger partial charge in [0.15, 0.2) is 6.61 Å². The topological polar surface area (TPSA) is 102 Å². The van der Waals surface area contributed by atoms with Gasteiger partial charge in [-0.05, 0) is 18.6 Å². The van der Waals surface area contributed by atoms with E-state index in [4.69, 9.17) is 9.84 Å². The maximum absolute atomic E-state index is 11.5. The quantitative estimate of drug-likeness (QED) is 0.564. The molecule has 1 aromatic carbocycles. The Bertz CT molecular complexity index is 428. The minimum atomic E-state index is -0.510. The molecule has 0 spiro atoms. The minimum Gasteiger partial charge on any atom is -0.484 e. The Labute approximate surface area is 110 Å². The summed E-state index contributed by atoms with van der Waals surface area (Å²) in [6.45, 7) is 1.52. The lowest BCUT2D eigenvalue weighted by Gasteiger charge is -2.14. The van der Waals surface area contributed by atoms with Crippen molar-refractivity contribution in [3.8, 4) is 5.75 Å². The molecule has 2 N–H and O–H groups in total. The van der Waals surface area contributed by atoms with E-state index in [1.807, 2.05) is 6.92 Å². The number of carbonyl (C=O) groups is 1. The maximum Gasteiger partial charge on any atom is 0.269 e. The molecule has 7 heteroatoms. The van der Waals surface area contributed by atoms with Crippen molar-refractivity contribution in [1.29, 1.82) is 0 Å². The number of ether oxygens (including phenoxy) is 1. The number of nitrogens with zero attached hydrogens (tertiary/aromatic N) is 1. The highest BCUT2D eigenvalue weighted by molar-refractivity contribution is 5.77. The normalized spacial score (nSPS) is 11.7. The molecule has 1 rings (SSSR count). The zero-order chi connectivity index (χ0) is 14.3. The van der Waals surface area contributed by atoms with Crippen LogP contribution in [-0.4, -0.2) is 35.2 Å². The molecule has 0 aliphatic rings. The molecule has 0 aliphatic carbocycles. The number of amides is 1. The number of benzene rings is 1. The SMILES string of the molecule is CC[C@H](CO)NC(=O)COc1ccc([N+](=O)[O-])cc1. The summed E-state index contributed by atoms with van der Waals surface area (Å²) in [5, 5.41) is 22.0. The lowest BCUT2D eigenvalue weighted by atomic mass is 10.2. The molecule has 0 aromatic heterocycles. The van der Waals surface area contributed by atoms with Gasteiger partial charge in [0.2, 0.25) is 0 Å². The molecule has 7 nitrogen and oxygen atoms in total. The Hall–Kier alpha value is -2.15. The predicted molar refractivity (Wildman–Crippen MR) is 67.9 cm³/mol. The molecule has 0 radical (unpaired) electrons. The summed E-state index contributed by atoms with van der Waals surface area (Å²) in [4.78, 5) is 21.4. The highest BCUT2D eigenvalue weighted by Crippen LogP contribution is 2.16. The number of nitrogens with one attached hydrogen (secondary N) is 1. The van der Waals surface area contributed by atoms with Crippen molar-refractivity contribution in [2.24, 2.45) is 0 Å². The molecule has 104 valence electrons. The van der Waals surface area contributed by atoms with Crippen LogP contribution in [0.3, 0.4) is 0 Å². The van der Waals surface area contributed by atoms with Gasteiger partial charge in [0.05, 0.1) is 17.6 Å². The van der Waals surface area contributed by atoms with Crippen LogP contribution >= 0.6 is 0 Å². The van der Waals surface area contributed by atoms with E-state index in [0.717, 1.165) is 0 Å². The average Bonchev–Trinajstić information content (AvgIpc) is 2.43. The van der Waals surface area contributed by atoms with Crippen LogP contribution in [0.15, 0.2) is 24.3 Å². The van der Waals surface area contributed by atoms with Gasteiger partial charge in [-0.1, -0.05) is 6.92 Å². The number of hydrogen-bond acceptors (Lipinski definition) is 5. The summed E-state index contributed by atoms with van der Waals surface area (Å²) in [5.74, 6) is 0.0250. The monoisotopic (exact) mass is 268 g/mol. The maximum atomic E-state index is 11.5. The largest absolute Gasteiger partial charge is 0.484 e. The van der Waals surface area contributed by atoms with Crippen molar-refractivity contribution in [2.75, 3.05) is 13.2 Å². The van der Waals surface area contributed by atoms with Gasteiger partial charge in [-0.15, -0.1) is 0 Å². The first kappa shape index (κ1) is 14.9. The van der Waals surface area contributed by atoms with Crippen molar-refractivity contribution in [1.82, 2.24) is 5.32 Å². The Balaban J connectivity index is 2.43. The molecular weight excluding hydrogens is 252 g/mol. The van der Waals surface area contributed by atoms with Gasteiger partial charge in [0.1, 0.15) is 5.75 Å². The fraction of sp³-hybridized carbons (Fsp3) is 0.417. The smallest absolute Gasteiger partial charge is 0.269 e. The second kappa shape index (κ2) is 7.32. The van der Waals surface area contributed by atoms with Crippen molar-refractivity contribution in [3.63, 3.8) is 0 Å². The number of rotatable bonds is 7. The number of carbonyl (C=O) groups excluding carboxylic acids is 1. The van der Waals surface area contributed by atoms with Crippen LogP contribution in [0.1, 0.15) is 13.3 Å². The molecule has 1 aromatic rings. The second-order valence-electron chi connectivity index (χ2n) is 3.89. The van der Waals surface area contributed by atoms with Crippen LogP contribution < -0.4 is 10.1 Å². The summed E-state index contributed by atoms with van der Waals surface area (Å²) in [6.07, 6.45) is 0.625. The minimum absolute atomic E-state index is 0.0388. The highest BCUT2D eigenvalue weighted by atomic mass is 16.6. The van der Waals surface area contributed by atoms with E-state index < -0.39 is 4.92 Å². The number of aliphatic hydroxyl groups excluding tert-OH is 1. The van der Waals surface area contributed by atoms with Gasteiger partial charge in [0, 0.05) is 12.1 Å². The van der Waals surface area contributed by atoms with Gasteiger partial charge in [-0.2, -0.15) is 0 Å². The summed E-state index contributed by atoms with van der Waals surface area (Å²) in [6, 6.07) is 5.17. The standard InChI is InChI=1S/C12H16N2O5/c1-2-9(7-15)13-12(16)8-19-11-5-3-10(4-6-11)14(17)18/h3-6,9,15H,2,7-8H2,1H3,(H,13,16)/t9-/m1/s1. The van der Waals surface area contributed by atoms with Crippen molar-refractivity contribution in [2.45, 2.75) is 19.4 Å². The van der Waals surface area contributed by atoms with Crippen LogP contribution in [0.25, 0.3) is 0 Å². The Morgan fingerprint density at radius 1 is 1.47 bits per heavy atom. The zero-order valence-corrected chi connectivity index (χ0v) is 10.5. The number of nitro groups is 1. The third kappa shape index (κ3) is 4.92. The van der Waals surface area contributed by atoms with Crippen LogP contribution in [0, 0.1) is 10.1 Å². The van der Waals surface area contributed by atoms with Gasteiger partial charge in [-0.3, -0.25) is 14.9 Å². The Kier molecular flexibility index (Phi) is 5.74. The van der Waals surface area contributed by atoms with Gasteiger partial charge < -0.3 is 15.2 Å². The van der Waals surface area contributed by atoms with Gasteiger partial charge >= 0.3 is 0 Å².